The quantitative estimate of drug-likeness (QED) is 0.717. The fourth-order valence-corrected chi connectivity index (χ4v) is 2.51. The summed E-state index contributed by atoms with van der Waals surface area (Å²) in [6, 6.07) is -0.109. The molecule has 0 bridgehead atoms. The van der Waals surface area contributed by atoms with E-state index in [0.29, 0.717) is 26.4 Å². The molecule has 0 aromatic rings. The fraction of sp³-hybridized carbons (Fsp3) is 0.917. The molecule has 1 N–H and O–H groups in total. The highest BCUT2D eigenvalue weighted by atomic mass is 16.6. The molecule has 2 atom stereocenters. The monoisotopic (exact) mass is 258 g/mol. The van der Waals surface area contributed by atoms with Crippen molar-refractivity contribution in [2.45, 2.75) is 31.9 Å². The molecule has 2 heterocycles. The molecule has 2 fully saturated rings. The van der Waals surface area contributed by atoms with Crippen molar-refractivity contribution < 1.29 is 19.4 Å². The van der Waals surface area contributed by atoms with E-state index in [1.165, 1.54) is 0 Å². The second kappa shape index (κ2) is 6.36. The number of piperidine rings is 1. The van der Waals surface area contributed by atoms with Gasteiger partial charge in [-0.25, -0.2) is 4.79 Å². The van der Waals surface area contributed by atoms with Gasteiger partial charge in [-0.15, -0.1) is 0 Å². The van der Waals surface area contributed by atoms with E-state index in [-0.39, 0.29) is 12.1 Å². The average Bonchev–Trinajstić information content (AvgIpc) is 2.76. The van der Waals surface area contributed by atoms with Gasteiger partial charge in [0.25, 0.3) is 0 Å². The summed E-state index contributed by atoms with van der Waals surface area (Å²) in [5.41, 5.74) is 0. The lowest BCUT2D eigenvalue weighted by molar-refractivity contribution is -0.0448. The number of nitrogens with zero attached hydrogens (tertiary/aromatic N) is 2. The number of aliphatic hydroxyl groups is 1. The lowest BCUT2D eigenvalue weighted by Crippen LogP contribution is -2.54. The van der Waals surface area contributed by atoms with Gasteiger partial charge in [-0.05, 0) is 12.8 Å². The number of aliphatic hydroxyl groups excluding tert-OH is 1. The zero-order valence-corrected chi connectivity index (χ0v) is 10.9. The van der Waals surface area contributed by atoms with Crippen molar-refractivity contribution in [3.8, 4) is 0 Å². The Kier molecular flexibility index (Phi) is 4.79. The van der Waals surface area contributed by atoms with Crippen molar-refractivity contribution in [1.82, 2.24) is 9.80 Å². The molecule has 0 spiro atoms. The van der Waals surface area contributed by atoms with E-state index in [2.05, 4.69) is 11.8 Å². The number of carbonyl (C=O) groups excluding carboxylic acids is 1. The molecule has 1 amide bonds. The van der Waals surface area contributed by atoms with Gasteiger partial charge in [0.05, 0.1) is 25.4 Å². The largest absolute Gasteiger partial charge is 0.448 e. The second-order valence-corrected chi connectivity index (χ2v) is 4.85. The number of hydrogen-bond donors (Lipinski definition) is 1. The highest BCUT2D eigenvalue weighted by Crippen LogP contribution is 2.20. The number of amides is 1. The Morgan fingerprint density at radius 1 is 1.50 bits per heavy atom. The molecule has 104 valence electrons. The van der Waals surface area contributed by atoms with Gasteiger partial charge in [-0.3, -0.25) is 9.80 Å². The van der Waals surface area contributed by atoms with E-state index in [0.717, 1.165) is 26.0 Å². The second-order valence-electron chi connectivity index (χ2n) is 4.85. The van der Waals surface area contributed by atoms with Crippen LogP contribution >= 0.6 is 0 Å². The van der Waals surface area contributed by atoms with E-state index in [9.17, 15) is 9.90 Å². The molecule has 2 rings (SSSR count). The zero-order chi connectivity index (χ0) is 13.0. The molecule has 2 aliphatic heterocycles. The zero-order valence-electron chi connectivity index (χ0n) is 10.9. The molecule has 2 aliphatic rings. The number of β-amino-alcohol motifs (C(OH)–C–C–N with tert-alkyl or cyclic N) is 1. The van der Waals surface area contributed by atoms with E-state index in [1.807, 2.05) is 0 Å². The van der Waals surface area contributed by atoms with Gasteiger partial charge in [0.1, 0.15) is 6.61 Å². The highest BCUT2D eigenvalue weighted by Gasteiger charge is 2.37. The van der Waals surface area contributed by atoms with Crippen LogP contribution in [0.5, 0.6) is 0 Å². The molecule has 18 heavy (non-hydrogen) atoms. The molecule has 0 aromatic carbocycles. The van der Waals surface area contributed by atoms with Crippen LogP contribution in [0.25, 0.3) is 0 Å². The number of rotatable bonds is 5. The molecule has 6 nitrogen and oxygen atoms in total. The number of carbonyl (C=O) groups is 1. The Morgan fingerprint density at radius 2 is 2.33 bits per heavy atom. The minimum atomic E-state index is -0.519. The van der Waals surface area contributed by atoms with Crippen LogP contribution in [-0.4, -0.2) is 72.7 Å². The molecule has 0 aliphatic carbocycles. The molecular formula is C12H22N2O4. The molecule has 2 saturated heterocycles. The summed E-state index contributed by atoms with van der Waals surface area (Å²) < 4.78 is 10.4. The Bertz CT molecular complexity index is 287. The van der Waals surface area contributed by atoms with Crippen LogP contribution in [0.4, 0.5) is 4.79 Å². The van der Waals surface area contributed by atoms with Crippen LogP contribution in [0.1, 0.15) is 19.8 Å². The topological polar surface area (TPSA) is 62.2 Å². The Balaban J connectivity index is 1.79. The Morgan fingerprint density at radius 3 is 2.94 bits per heavy atom. The van der Waals surface area contributed by atoms with E-state index < -0.39 is 6.10 Å². The van der Waals surface area contributed by atoms with Crippen LogP contribution in [0, 0.1) is 0 Å². The van der Waals surface area contributed by atoms with Crippen LogP contribution in [0.3, 0.4) is 0 Å². The summed E-state index contributed by atoms with van der Waals surface area (Å²) in [6.45, 7) is 5.79. The lowest BCUT2D eigenvalue weighted by atomic mass is 10.0. The van der Waals surface area contributed by atoms with Gasteiger partial charge in [-0.1, -0.05) is 6.92 Å². The molecule has 0 radical (unpaired) electrons. The van der Waals surface area contributed by atoms with E-state index in [1.54, 1.807) is 4.90 Å². The Labute approximate surface area is 107 Å². The summed E-state index contributed by atoms with van der Waals surface area (Å²) >= 11 is 0. The predicted octanol–water partition coefficient (Wildman–Crippen LogP) is 0.258. The summed E-state index contributed by atoms with van der Waals surface area (Å²) in [5.74, 6) is 0. The van der Waals surface area contributed by atoms with Crippen LogP contribution in [-0.2, 0) is 9.47 Å². The maximum atomic E-state index is 11.5. The summed E-state index contributed by atoms with van der Waals surface area (Å²) in [4.78, 5) is 15.2. The number of ether oxygens (including phenoxy) is 2. The van der Waals surface area contributed by atoms with Crippen LogP contribution in [0.15, 0.2) is 0 Å². The van der Waals surface area contributed by atoms with Crippen LogP contribution < -0.4 is 0 Å². The SMILES string of the molecule is CCCOCN1CCC(N2CCOC2=O)C(O)C1. The molecule has 6 heteroatoms. The third-order valence-electron chi connectivity index (χ3n) is 3.45. The maximum absolute atomic E-state index is 11.5. The average molecular weight is 258 g/mol. The first kappa shape index (κ1) is 13.6. The summed E-state index contributed by atoms with van der Waals surface area (Å²) in [6.07, 6.45) is 0.953. The first-order chi connectivity index (χ1) is 8.72. The van der Waals surface area contributed by atoms with Crippen molar-refractivity contribution in [3.63, 3.8) is 0 Å². The first-order valence-corrected chi connectivity index (χ1v) is 6.64. The van der Waals surface area contributed by atoms with E-state index >= 15 is 0 Å². The minimum Gasteiger partial charge on any atom is -0.448 e. The summed E-state index contributed by atoms with van der Waals surface area (Å²) in [5, 5.41) is 10.1. The highest BCUT2D eigenvalue weighted by molar-refractivity contribution is 5.69. The van der Waals surface area contributed by atoms with Crippen molar-refractivity contribution in [2.24, 2.45) is 0 Å². The van der Waals surface area contributed by atoms with E-state index in [4.69, 9.17) is 9.47 Å². The number of hydrogen-bond acceptors (Lipinski definition) is 5. The smallest absolute Gasteiger partial charge is 0.410 e. The standard InChI is InChI=1S/C12H22N2O4/c1-2-6-17-9-13-4-3-10(11(15)8-13)14-5-7-18-12(14)16/h10-11,15H,2-9H2,1H3. The maximum Gasteiger partial charge on any atom is 0.410 e. The molecule has 2 unspecified atom stereocenters. The molecule has 0 saturated carbocycles. The molecular weight excluding hydrogens is 236 g/mol. The van der Waals surface area contributed by atoms with Crippen molar-refractivity contribution in [1.29, 1.82) is 0 Å². The first-order valence-electron chi connectivity index (χ1n) is 6.64. The van der Waals surface area contributed by atoms with Crippen LogP contribution in [0.2, 0.25) is 0 Å². The Hall–Kier alpha value is -0.850. The van der Waals surface area contributed by atoms with Gasteiger partial charge in [-0.2, -0.15) is 0 Å². The third-order valence-corrected chi connectivity index (χ3v) is 3.45. The normalized spacial score (nSPS) is 29.7. The minimum absolute atomic E-state index is 0.109. The fourth-order valence-electron chi connectivity index (χ4n) is 2.51. The van der Waals surface area contributed by atoms with Crippen molar-refractivity contribution in [3.05, 3.63) is 0 Å². The summed E-state index contributed by atoms with van der Waals surface area (Å²) in [7, 11) is 0. The third kappa shape index (κ3) is 3.13. The van der Waals surface area contributed by atoms with Crippen molar-refractivity contribution >= 4 is 6.09 Å². The predicted molar refractivity (Wildman–Crippen MR) is 65.1 cm³/mol. The lowest BCUT2D eigenvalue weighted by Gasteiger charge is -2.38. The number of cyclic esters (lactones) is 1. The van der Waals surface area contributed by atoms with Gasteiger partial charge in [0.2, 0.25) is 0 Å². The van der Waals surface area contributed by atoms with Gasteiger partial charge >= 0.3 is 6.09 Å². The van der Waals surface area contributed by atoms with Gasteiger partial charge < -0.3 is 14.6 Å². The number of likely N-dealkylation sites (tertiary alicyclic amines) is 1. The van der Waals surface area contributed by atoms with Gasteiger partial charge in [0, 0.05) is 19.7 Å². The molecule has 0 aromatic heterocycles. The van der Waals surface area contributed by atoms with Gasteiger partial charge in [0.15, 0.2) is 0 Å². The van der Waals surface area contributed by atoms with Crippen molar-refractivity contribution in [2.75, 3.05) is 39.6 Å².